The van der Waals surface area contributed by atoms with Crippen molar-refractivity contribution in [1.29, 1.82) is 0 Å². The molecule has 1 aromatic rings. The molecule has 0 bridgehead atoms. The molecule has 0 saturated carbocycles. The van der Waals surface area contributed by atoms with Crippen LogP contribution in [0.4, 0.5) is 10.5 Å². The molecule has 136 valence electrons. The van der Waals surface area contributed by atoms with Crippen LogP contribution in [0.1, 0.15) is 40.0 Å². The van der Waals surface area contributed by atoms with Crippen LogP contribution in [-0.2, 0) is 14.8 Å². The van der Waals surface area contributed by atoms with E-state index in [1.165, 1.54) is 18.2 Å². The van der Waals surface area contributed by atoms with Crippen molar-refractivity contribution in [3.05, 3.63) is 18.2 Å². The molecule has 0 fully saturated rings. The zero-order valence-corrected chi connectivity index (χ0v) is 15.2. The molecule has 1 aromatic carbocycles. The summed E-state index contributed by atoms with van der Waals surface area (Å²) < 4.78 is 37.5. The molecule has 1 amide bonds. The number of amides is 1. The molecular formula is C16H26N2O5S. The van der Waals surface area contributed by atoms with Gasteiger partial charge in [0.2, 0.25) is 10.0 Å². The fraction of sp³-hybridized carbons (Fsp3) is 0.562. The lowest BCUT2D eigenvalue weighted by atomic mass is 10.3. The highest BCUT2D eigenvalue weighted by Gasteiger charge is 2.17. The molecule has 24 heavy (non-hydrogen) atoms. The highest BCUT2D eigenvalue weighted by atomic mass is 32.2. The molecule has 0 aliphatic carbocycles. The van der Waals surface area contributed by atoms with E-state index in [1.807, 2.05) is 6.92 Å². The predicted molar refractivity (Wildman–Crippen MR) is 93.0 cm³/mol. The van der Waals surface area contributed by atoms with Crippen LogP contribution >= 0.6 is 0 Å². The maximum absolute atomic E-state index is 12.3. The lowest BCUT2D eigenvalue weighted by Crippen LogP contribution is -2.25. The minimum atomic E-state index is -3.64. The van der Waals surface area contributed by atoms with Crippen LogP contribution < -0.4 is 14.8 Å². The summed E-state index contributed by atoms with van der Waals surface area (Å²) >= 11 is 0. The molecular weight excluding hydrogens is 332 g/mol. The van der Waals surface area contributed by atoms with Gasteiger partial charge in [-0.3, -0.25) is 5.32 Å². The van der Waals surface area contributed by atoms with Gasteiger partial charge in [-0.05, 0) is 38.5 Å². The molecule has 0 saturated heterocycles. The first-order chi connectivity index (χ1) is 11.4. The Kier molecular flexibility index (Phi) is 8.56. The number of anilines is 1. The van der Waals surface area contributed by atoms with Crippen LogP contribution in [-0.4, -0.2) is 34.3 Å². The van der Waals surface area contributed by atoms with E-state index in [1.54, 1.807) is 13.8 Å². The Morgan fingerprint density at radius 3 is 2.50 bits per heavy atom. The Bertz CT molecular complexity index is 631. The lowest BCUT2D eigenvalue weighted by Gasteiger charge is -2.13. The van der Waals surface area contributed by atoms with Gasteiger partial charge in [-0.1, -0.05) is 19.8 Å². The van der Waals surface area contributed by atoms with E-state index < -0.39 is 16.1 Å². The third-order valence-electron chi connectivity index (χ3n) is 3.15. The summed E-state index contributed by atoms with van der Waals surface area (Å²) in [5.41, 5.74) is 0.256. The number of rotatable bonds is 10. The molecule has 0 aliphatic rings. The van der Waals surface area contributed by atoms with Gasteiger partial charge in [0.15, 0.2) is 0 Å². The second-order valence-corrected chi connectivity index (χ2v) is 6.81. The topological polar surface area (TPSA) is 93.7 Å². The summed E-state index contributed by atoms with van der Waals surface area (Å²) in [6.45, 7) is 6.52. The van der Waals surface area contributed by atoms with Gasteiger partial charge >= 0.3 is 6.09 Å². The standard InChI is InChI=1S/C16H26N2O5S/c1-4-7-8-11-17-24(20,21)13-9-10-15(22-5-2)14(12-13)18-16(19)23-6-3/h9-10,12,17H,4-8,11H2,1-3H3,(H,18,19). The molecule has 0 spiro atoms. The molecule has 0 aliphatic heterocycles. The molecule has 8 heteroatoms. The Morgan fingerprint density at radius 2 is 1.88 bits per heavy atom. The minimum absolute atomic E-state index is 0.0641. The first kappa shape index (κ1) is 20.2. The van der Waals surface area contributed by atoms with E-state index in [9.17, 15) is 13.2 Å². The van der Waals surface area contributed by atoms with E-state index >= 15 is 0 Å². The number of unbranched alkanes of at least 4 members (excludes halogenated alkanes) is 2. The van der Waals surface area contributed by atoms with Crippen LogP contribution in [0, 0.1) is 0 Å². The van der Waals surface area contributed by atoms with Crippen LogP contribution in [0.15, 0.2) is 23.1 Å². The maximum atomic E-state index is 12.3. The fourth-order valence-electron chi connectivity index (χ4n) is 2.00. The van der Waals surface area contributed by atoms with Gasteiger partial charge in [0, 0.05) is 6.54 Å². The third kappa shape index (κ3) is 6.37. The zero-order chi connectivity index (χ0) is 18.0. The number of hydrogen-bond acceptors (Lipinski definition) is 5. The van der Waals surface area contributed by atoms with Crippen molar-refractivity contribution in [2.45, 2.75) is 44.9 Å². The van der Waals surface area contributed by atoms with Crippen LogP contribution in [0.25, 0.3) is 0 Å². The number of nitrogens with one attached hydrogen (secondary N) is 2. The monoisotopic (exact) mass is 358 g/mol. The van der Waals surface area contributed by atoms with Gasteiger partial charge in [0.1, 0.15) is 5.75 Å². The van der Waals surface area contributed by atoms with E-state index in [2.05, 4.69) is 10.0 Å². The van der Waals surface area contributed by atoms with Crippen molar-refractivity contribution in [3.63, 3.8) is 0 Å². The largest absolute Gasteiger partial charge is 0.492 e. The van der Waals surface area contributed by atoms with Crippen LogP contribution in [0.5, 0.6) is 5.75 Å². The van der Waals surface area contributed by atoms with Gasteiger partial charge in [-0.15, -0.1) is 0 Å². The number of carbonyl (C=O) groups is 1. The molecule has 0 radical (unpaired) electrons. The third-order valence-corrected chi connectivity index (χ3v) is 4.60. The Morgan fingerprint density at radius 1 is 1.12 bits per heavy atom. The molecule has 0 atom stereocenters. The zero-order valence-electron chi connectivity index (χ0n) is 14.4. The van der Waals surface area contributed by atoms with Crippen molar-refractivity contribution >= 4 is 21.8 Å². The average molecular weight is 358 g/mol. The van der Waals surface area contributed by atoms with E-state index in [-0.39, 0.29) is 17.2 Å². The SMILES string of the molecule is CCCCCNS(=O)(=O)c1ccc(OCC)c(NC(=O)OCC)c1. The van der Waals surface area contributed by atoms with Crippen molar-refractivity contribution in [2.24, 2.45) is 0 Å². The summed E-state index contributed by atoms with van der Waals surface area (Å²) in [6, 6.07) is 4.33. The summed E-state index contributed by atoms with van der Waals surface area (Å²) in [6.07, 6.45) is 2.09. The number of hydrogen-bond donors (Lipinski definition) is 2. The second-order valence-electron chi connectivity index (χ2n) is 5.04. The smallest absolute Gasteiger partial charge is 0.411 e. The van der Waals surface area contributed by atoms with E-state index in [0.29, 0.717) is 18.9 Å². The second kappa shape index (κ2) is 10.1. The molecule has 2 N–H and O–H groups in total. The Labute approximate surface area is 143 Å². The Balaban J connectivity index is 2.97. The molecule has 0 aromatic heterocycles. The molecule has 7 nitrogen and oxygen atoms in total. The summed E-state index contributed by atoms with van der Waals surface area (Å²) in [5.74, 6) is 0.385. The highest BCUT2D eigenvalue weighted by molar-refractivity contribution is 7.89. The summed E-state index contributed by atoms with van der Waals surface area (Å²) in [4.78, 5) is 11.7. The normalized spacial score (nSPS) is 11.1. The molecule has 0 heterocycles. The number of carbonyl (C=O) groups excluding carboxylic acids is 1. The van der Waals surface area contributed by atoms with E-state index in [0.717, 1.165) is 19.3 Å². The van der Waals surface area contributed by atoms with Gasteiger partial charge in [0.25, 0.3) is 0 Å². The quantitative estimate of drug-likeness (QED) is 0.627. The van der Waals surface area contributed by atoms with Gasteiger partial charge < -0.3 is 9.47 Å². The first-order valence-electron chi connectivity index (χ1n) is 8.14. The number of benzene rings is 1. The fourth-order valence-corrected chi connectivity index (χ4v) is 3.10. The minimum Gasteiger partial charge on any atom is -0.492 e. The Hall–Kier alpha value is -1.80. The predicted octanol–water partition coefficient (Wildman–Crippen LogP) is 3.12. The molecule has 1 rings (SSSR count). The van der Waals surface area contributed by atoms with E-state index in [4.69, 9.17) is 9.47 Å². The van der Waals surface area contributed by atoms with Crippen LogP contribution in [0.3, 0.4) is 0 Å². The van der Waals surface area contributed by atoms with Crippen molar-refractivity contribution < 1.29 is 22.7 Å². The van der Waals surface area contributed by atoms with Gasteiger partial charge in [-0.2, -0.15) is 0 Å². The van der Waals surface area contributed by atoms with Crippen molar-refractivity contribution in [1.82, 2.24) is 4.72 Å². The average Bonchev–Trinajstić information content (AvgIpc) is 2.53. The van der Waals surface area contributed by atoms with Crippen LogP contribution in [0.2, 0.25) is 0 Å². The lowest BCUT2D eigenvalue weighted by molar-refractivity contribution is 0.167. The number of sulfonamides is 1. The maximum Gasteiger partial charge on any atom is 0.411 e. The van der Waals surface area contributed by atoms with Crippen molar-refractivity contribution in [3.8, 4) is 5.75 Å². The highest BCUT2D eigenvalue weighted by Crippen LogP contribution is 2.28. The van der Waals surface area contributed by atoms with Gasteiger partial charge in [0.05, 0.1) is 23.8 Å². The summed E-state index contributed by atoms with van der Waals surface area (Å²) in [5, 5.41) is 2.51. The van der Waals surface area contributed by atoms with Crippen molar-refractivity contribution in [2.75, 3.05) is 25.1 Å². The molecule has 0 unspecified atom stereocenters. The summed E-state index contributed by atoms with van der Waals surface area (Å²) in [7, 11) is -3.64. The first-order valence-corrected chi connectivity index (χ1v) is 9.63. The number of ether oxygens (including phenoxy) is 2. The van der Waals surface area contributed by atoms with Gasteiger partial charge in [-0.25, -0.2) is 17.9 Å².